The number of carbonyl (C=O) groups excluding carboxylic acids is 3. The van der Waals surface area contributed by atoms with Crippen molar-refractivity contribution in [1.82, 2.24) is 4.90 Å². The maximum atomic E-state index is 13.6. The Bertz CT molecular complexity index is 1230. The van der Waals surface area contributed by atoms with Crippen molar-refractivity contribution in [2.24, 2.45) is 0 Å². The van der Waals surface area contributed by atoms with E-state index in [-0.39, 0.29) is 36.3 Å². The number of para-hydroxylation sites is 2. The second kappa shape index (κ2) is 10.1. The van der Waals surface area contributed by atoms with E-state index in [0.29, 0.717) is 17.7 Å². The zero-order valence-electron chi connectivity index (χ0n) is 20.0. The Morgan fingerprint density at radius 3 is 2.23 bits per heavy atom. The second-order valence-electron chi connectivity index (χ2n) is 8.82. The van der Waals surface area contributed by atoms with E-state index in [2.05, 4.69) is 0 Å². The van der Waals surface area contributed by atoms with Crippen LogP contribution in [0.25, 0.3) is 0 Å². The summed E-state index contributed by atoms with van der Waals surface area (Å²) in [5.74, 6) is -1.03. The highest BCUT2D eigenvalue weighted by molar-refractivity contribution is 6.07. The summed E-state index contributed by atoms with van der Waals surface area (Å²) in [5.41, 5.74) is 2.66. The number of anilines is 2. The van der Waals surface area contributed by atoms with Crippen LogP contribution in [0, 0.1) is 5.82 Å². The quantitative estimate of drug-likeness (QED) is 0.534. The van der Waals surface area contributed by atoms with Crippen molar-refractivity contribution in [3.8, 4) is 0 Å². The molecule has 1 heterocycles. The van der Waals surface area contributed by atoms with E-state index in [4.69, 9.17) is 0 Å². The molecule has 1 aliphatic rings. The van der Waals surface area contributed by atoms with E-state index in [1.807, 2.05) is 61.5 Å². The summed E-state index contributed by atoms with van der Waals surface area (Å²) in [5, 5.41) is 0. The van der Waals surface area contributed by atoms with Crippen LogP contribution in [0.4, 0.5) is 15.8 Å². The van der Waals surface area contributed by atoms with Crippen molar-refractivity contribution in [2.45, 2.75) is 32.4 Å². The summed E-state index contributed by atoms with van der Waals surface area (Å²) in [4.78, 5) is 43.7. The monoisotopic (exact) mass is 473 g/mol. The molecule has 0 radical (unpaired) electrons. The average Bonchev–Trinajstić information content (AvgIpc) is 2.85. The third-order valence-corrected chi connectivity index (χ3v) is 6.40. The summed E-state index contributed by atoms with van der Waals surface area (Å²) in [6.07, 6.45) is 0.494. The Morgan fingerprint density at radius 1 is 0.943 bits per heavy atom. The van der Waals surface area contributed by atoms with Crippen molar-refractivity contribution in [1.29, 1.82) is 0 Å². The molecular weight excluding hydrogens is 445 g/mol. The first-order valence-corrected chi connectivity index (χ1v) is 11.5. The normalized spacial score (nSPS) is 16.9. The van der Waals surface area contributed by atoms with Gasteiger partial charge in [-0.1, -0.05) is 36.4 Å². The number of fused-ring (bicyclic) bond motifs is 1. The molecule has 1 aliphatic heterocycles. The maximum Gasteiger partial charge on any atom is 0.258 e. The van der Waals surface area contributed by atoms with Gasteiger partial charge in [0.25, 0.3) is 5.91 Å². The van der Waals surface area contributed by atoms with E-state index in [1.165, 1.54) is 36.1 Å². The van der Waals surface area contributed by atoms with Gasteiger partial charge in [-0.05, 0) is 61.4 Å². The van der Waals surface area contributed by atoms with Gasteiger partial charge < -0.3 is 14.7 Å². The molecule has 3 aromatic rings. The molecule has 7 heteroatoms. The van der Waals surface area contributed by atoms with Crippen LogP contribution in [-0.2, 0) is 9.59 Å². The van der Waals surface area contributed by atoms with Crippen LogP contribution in [0.2, 0.25) is 0 Å². The molecule has 3 aromatic carbocycles. The van der Waals surface area contributed by atoms with Gasteiger partial charge in [0.1, 0.15) is 5.82 Å². The minimum atomic E-state index is -0.402. The van der Waals surface area contributed by atoms with Gasteiger partial charge in [-0.2, -0.15) is 0 Å². The third-order valence-electron chi connectivity index (χ3n) is 6.40. The highest BCUT2D eigenvalue weighted by Crippen LogP contribution is 2.42. The van der Waals surface area contributed by atoms with Gasteiger partial charge in [0.2, 0.25) is 11.8 Å². The molecule has 0 saturated carbocycles. The summed E-state index contributed by atoms with van der Waals surface area (Å²) < 4.78 is 13.4. The number of hydrogen-bond donors (Lipinski definition) is 0. The second-order valence-corrected chi connectivity index (χ2v) is 8.82. The number of carbonyl (C=O) groups is 3. The fourth-order valence-corrected chi connectivity index (χ4v) is 4.54. The third kappa shape index (κ3) is 4.94. The van der Waals surface area contributed by atoms with Crippen LogP contribution >= 0.6 is 0 Å². The first-order valence-electron chi connectivity index (χ1n) is 11.5. The van der Waals surface area contributed by atoms with Gasteiger partial charge >= 0.3 is 0 Å². The number of rotatable bonds is 5. The predicted molar refractivity (Wildman–Crippen MR) is 134 cm³/mol. The predicted octanol–water partition coefficient (Wildman–Crippen LogP) is 4.82. The minimum Gasteiger partial charge on any atom is -0.337 e. The molecule has 0 N–H and O–H groups in total. The lowest BCUT2D eigenvalue weighted by molar-refractivity contribution is -0.132. The van der Waals surface area contributed by atoms with E-state index >= 15 is 0 Å². The molecule has 35 heavy (non-hydrogen) atoms. The van der Waals surface area contributed by atoms with E-state index in [1.54, 1.807) is 16.8 Å². The lowest BCUT2D eigenvalue weighted by Gasteiger charge is -2.44. The van der Waals surface area contributed by atoms with E-state index in [0.717, 1.165) is 11.3 Å². The lowest BCUT2D eigenvalue weighted by Crippen LogP contribution is -2.49. The molecule has 0 spiro atoms. The molecule has 0 aliphatic carbocycles. The first-order chi connectivity index (χ1) is 16.8. The largest absolute Gasteiger partial charge is 0.337 e. The van der Waals surface area contributed by atoms with Gasteiger partial charge in [0, 0.05) is 37.0 Å². The topological polar surface area (TPSA) is 60.9 Å². The van der Waals surface area contributed by atoms with Gasteiger partial charge in [-0.3, -0.25) is 14.4 Å². The van der Waals surface area contributed by atoms with E-state index in [9.17, 15) is 18.8 Å². The van der Waals surface area contributed by atoms with E-state index < -0.39 is 5.82 Å². The number of hydrogen-bond acceptors (Lipinski definition) is 3. The Labute approximate surface area is 204 Å². The van der Waals surface area contributed by atoms with Crippen molar-refractivity contribution in [2.75, 3.05) is 23.4 Å². The molecule has 6 nitrogen and oxygen atoms in total. The summed E-state index contributed by atoms with van der Waals surface area (Å²) in [6.45, 7) is 3.31. The first kappa shape index (κ1) is 24.1. The van der Waals surface area contributed by atoms with Crippen molar-refractivity contribution < 1.29 is 18.8 Å². The van der Waals surface area contributed by atoms with Crippen molar-refractivity contribution >= 4 is 29.1 Å². The summed E-state index contributed by atoms with van der Waals surface area (Å²) in [6, 6.07) is 21.8. The fourth-order valence-electron chi connectivity index (χ4n) is 4.54. The molecule has 0 aromatic heterocycles. The Morgan fingerprint density at radius 2 is 1.57 bits per heavy atom. The highest BCUT2D eigenvalue weighted by Gasteiger charge is 2.39. The van der Waals surface area contributed by atoms with Gasteiger partial charge in [0.15, 0.2) is 0 Å². The SMILES string of the molecule is CC(=O)N(C)CC(=O)N(c1ccccc1)[C@H]1CC(C)N(C(=O)c2ccc(F)cc2)c2ccccc21. The molecule has 2 atom stereocenters. The fraction of sp³-hybridized carbons (Fsp3) is 0.250. The zero-order chi connectivity index (χ0) is 25.1. The van der Waals surface area contributed by atoms with Crippen LogP contribution in [0.15, 0.2) is 78.9 Å². The van der Waals surface area contributed by atoms with Crippen molar-refractivity contribution in [3.05, 3.63) is 95.8 Å². The Balaban J connectivity index is 1.76. The zero-order valence-corrected chi connectivity index (χ0v) is 20.0. The Kier molecular flexibility index (Phi) is 6.96. The van der Waals surface area contributed by atoms with Crippen LogP contribution < -0.4 is 9.80 Å². The summed E-state index contributed by atoms with van der Waals surface area (Å²) in [7, 11) is 1.60. The van der Waals surface area contributed by atoms with Crippen LogP contribution in [-0.4, -0.2) is 42.3 Å². The Hall–Kier alpha value is -4.00. The molecule has 180 valence electrons. The van der Waals surface area contributed by atoms with Crippen molar-refractivity contribution in [3.63, 3.8) is 0 Å². The minimum absolute atomic E-state index is 0.0600. The number of nitrogens with zero attached hydrogens (tertiary/aromatic N) is 3. The summed E-state index contributed by atoms with van der Waals surface area (Å²) >= 11 is 0. The van der Waals surface area contributed by atoms with Crippen LogP contribution in [0.5, 0.6) is 0 Å². The molecular formula is C28H28FN3O3. The highest BCUT2D eigenvalue weighted by atomic mass is 19.1. The lowest BCUT2D eigenvalue weighted by atomic mass is 9.89. The van der Waals surface area contributed by atoms with Gasteiger partial charge in [-0.15, -0.1) is 0 Å². The van der Waals surface area contributed by atoms with Crippen LogP contribution in [0.1, 0.15) is 42.2 Å². The molecule has 4 rings (SSSR count). The van der Waals surface area contributed by atoms with Crippen LogP contribution in [0.3, 0.4) is 0 Å². The number of likely N-dealkylation sites (N-methyl/N-ethyl adjacent to an activating group) is 1. The molecule has 0 fully saturated rings. The molecule has 3 amide bonds. The standard InChI is InChI=1S/C28H28FN3O3/c1-19-17-26(32(23-9-5-4-6-10-23)27(34)18-30(3)20(2)33)24-11-7-8-12-25(24)31(19)28(35)21-13-15-22(29)16-14-21/h4-16,19,26H,17-18H2,1-3H3/t19?,26-/m0/s1. The number of amides is 3. The van der Waals surface area contributed by atoms with Gasteiger partial charge in [-0.25, -0.2) is 4.39 Å². The molecule has 1 unspecified atom stereocenters. The molecule has 0 bridgehead atoms. The number of halogens is 1. The molecule has 0 saturated heterocycles. The maximum absolute atomic E-state index is 13.6. The number of benzene rings is 3. The average molecular weight is 474 g/mol. The van der Waals surface area contributed by atoms with Gasteiger partial charge in [0.05, 0.1) is 12.6 Å². The smallest absolute Gasteiger partial charge is 0.258 e.